The van der Waals surface area contributed by atoms with E-state index in [1.165, 1.54) is 0 Å². The minimum atomic E-state index is -0.490. The first-order chi connectivity index (χ1) is 9.56. The third kappa shape index (κ3) is 3.95. The van der Waals surface area contributed by atoms with E-state index in [0.717, 1.165) is 31.7 Å². The lowest BCUT2D eigenvalue weighted by Crippen LogP contribution is -2.48. The van der Waals surface area contributed by atoms with Gasteiger partial charge < -0.3 is 19.6 Å². The van der Waals surface area contributed by atoms with Crippen LogP contribution in [0.3, 0.4) is 0 Å². The van der Waals surface area contributed by atoms with E-state index < -0.39 is 6.10 Å². The van der Waals surface area contributed by atoms with Gasteiger partial charge in [0.1, 0.15) is 5.75 Å². The topological polar surface area (TPSA) is 53.0 Å². The van der Waals surface area contributed by atoms with Crippen molar-refractivity contribution in [2.24, 2.45) is 0 Å². The molecule has 110 valence electrons. The Bertz CT molecular complexity index is 437. The van der Waals surface area contributed by atoms with Crippen molar-refractivity contribution >= 4 is 5.91 Å². The van der Waals surface area contributed by atoms with Crippen LogP contribution in [0.2, 0.25) is 0 Å². The number of likely N-dealkylation sites (N-methyl/N-ethyl adjacent to an activating group) is 1. The molecule has 5 nitrogen and oxygen atoms in total. The van der Waals surface area contributed by atoms with E-state index in [9.17, 15) is 9.90 Å². The highest BCUT2D eigenvalue weighted by Gasteiger charge is 2.19. The zero-order chi connectivity index (χ0) is 14.5. The number of hydrogen-bond donors (Lipinski definition) is 1. The summed E-state index contributed by atoms with van der Waals surface area (Å²) in [7, 11) is 2.06. The molecule has 20 heavy (non-hydrogen) atoms. The highest BCUT2D eigenvalue weighted by molar-refractivity contribution is 5.77. The zero-order valence-corrected chi connectivity index (χ0v) is 12.1. The molecule has 1 heterocycles. The average molecular weight is 278 g/mol. The summed E-state index contributed by atoms with van der Waals surface area (Å²) in [6.45, 7) is 5.13. The number of aliphatic hydroxyl groups excluding tert-OH is 1. The Labute approximate surface area is 119 Å². The van der Waals surface area contributed by atoms with Gasteiger partial charge in [0.15, 0.2) is 6.61 Å². The molecule has 1 amide bonds. The molecule has 1 N–H and O–H groups in total. The largest absolute Gasteiger partial charge is 0.484 e. The summed E-state index contributed by atoms with van der Waals surface area (Å²) < 4.78 is 5.50. The Morgan fingerprint density at radius 1 is 1.25 bits per heavy atom. The molecule has 0 saturated carbocycles. The van der Waals surface area contributed by atoms with E-state index in [2.05, 4.69) is 11.9 Å². The Hall–Kier alpha value is -1.59. The maximum Gasteiger partial charge on any atom is 0.260 e. The predicted octanol–water partition coefficient (Wildman–Crippen LogP) is 0.893. The lowest BCUT2D eigenvalue weighted by atomic mass is 10.1. The lowest BCUT2D eigenvalue weighted by molar-refractivity contribution is -0.134. The van der Waals surface area contributed by atoms with Gasteiger partial charge >= 0.3 is 0 Å². The van der Waals surface area contributed by atoms with Crippen LogP contribution in [0.25, 0.3) is 0 Å². The maximum absolute atomic E-state index is 12.0. The van der Waals surface area contributed by atoms with Gasteiger partial charge in [0.05, 0.1) is 6.10 Å². The quantitative estimate of drug-likeness (QED) is 0.889. The summed E-state index contributed by atoms with van der Waals surface area (Å²) >= 11 is 0. The van der Waals surface area contributed by atoms with Crippen LogP contribution in [0.15, 0.2) is 24.3 Å². The van der Waals surface area contributed by atoms with Crippen LogP contribution >= 0.6 is 0 Å². The third-order valence-corrected chi connectivity index (χ3v) is 3.58. The van der Waals surface area contributed by atoms with E-state index >= 15 is 0 Å². The fourth-order valence-electron chi connectivity index (χ4n) is 2.13. The van der Waals surface area contributed by atoms with Crippen molar-refractivity contribution in [1.82, 2.24) is 9.80 Å². The van der Waals surface area contributed by atoms with Crippen LogP contribution in [0, 0.1) is 0 Å². The fraction of sp³-hybridized carbons (Fsp3) is 0.533. The molecule has 0 unspecified atom stereocenters. The van der Waals surface area contributed by atoms with Crippen molar-refractivity contribution in [3.05, 3.63) is 29.8 Å². The van der Waals surface area contributed by atoms with Gasteiger partial charge in [0, 0.05) is 26.2 Å². The van der Waals surface area contributed by atoms with Crippen molar-refractivity contribution < 1.29 is 14.6 Å². The number of nitrogens with zero attached hydrogens (tertiary/aromatic N) is 2. The van der Waals surface area contributed by atoms with Gasteiger partial charge in [-0.05, 0) is 31.7 Å². The molecule has 0 radical (unpaired) electrons. The van der Waals surface area contributed by atoms with E-state index in [0.29, 0.717) is 5.75 Å². The smallest absolute Gasteiger partial charge is 0.260 e. The lowest BCUT2D eigenvalue weighted by Gasteiger charge is -2.32. The Morgan fingerprint density at radius 2 is 1.85 bits per heavy atom. The minimum Gasteiger partial charge on any atom is -0.484 e. The van der Waals surface area contributed by atoms with Gasteiger partial charge in [-0.3, -0.25) is 4.79 Å². The minimum absolute atomic E-state index is 0.0257. The monoisotopic (exact) mass is 278 g/mol. The molecule has 1 fully saturated rings. The second-order valence-electron chi connectivity index (χ2n) is 5.22. The van der Waals surface area contributed by atoms with Gasteiger partial charge in [0.2, 0.25) is 0 Å². The van der Waals surface area contributed by atoms with Gasteiger partial charge in [-0.15, -0.1) is 0 Å². The SMILES string of the molecule is C[C@@H](O)c1ccc(OCC(=O)N2CCN(C)CC2)cc1. The highest BCUT2D eigenvalue weighted by atomic mass is 16.5. The van der Waals surface area contributed by atoms with Gasteiger partial charge in [0.25, 0.3) is 5.91 Å². The molecule has 0 bridgehead atoms. The third-order valence-electron chi connectivity index (χ3n) is 3.58. The molecule has 0 aliphatic carbocycles. The Balaban J connectivity index is 1.81. The van der Waals surface area contributed by atoms with Gasteiger partial charge in [-0.2, -0.15) is 0 Å². The number of aliphatic hydroxyl groups is 1. The molecule has 2 rings (SSSR count). The normalized spacial score (nSPS) is 17.9. The first-order valence-corrected chi connectivity index (χ1v) is 6.93. The number of ether oxygens (including phenoxy) is 1. The van der Waals surface area contributed by atoms with Gasteiger partial charge in [-0.1, -0.05) is 12.1 Å². The van der Waals surface area contributed by atoms with Crippen LogP contribution in [0.1, 0.15) is 18.6 Å². The zero-order valence-electron chi connectivity index (χ0n) is 12.1. The molecule has 1 aromatic rings. The second-order valence-corrected chi connectivity index (χ2v) is 5.22. The number of amides is 1. The summed E-state index contributed by atoms with van der Waals surface area (Å²) in [4.78, 5) is 16.0. The van der Waals surface area contributed by atoms with Crippen LogP contribution in [0.5, 0.6) is 5.75 Å². The van der Waals surface area contributed by atoms with E-state index in [1.54, 1.807) is 31.2 Å². The number of piperazine rings is 1. The highest BCUT2D eigenvalue weighted by Crippen LogP contribution is 2.17. The Kier molecular flexibility index (Phi) is 4.98. The van der Waals surface area contributed by atoms with E-state index in [-0.39, 0.29) is 12.5 Å². The summed E-state index contributed by atoms with van der Waals surface area (Å²) in [5.74, 6) is 0.676. The summed E-state index contributed by atoms with van der Waals surface area (Å²) in [5.41, 5.74) is 0.836. The maximum atomic E-state index is 12.0. The molecule has 1 atom stereocenters. The first kappa shape index (κ1) is 14.8. The number of hydrogen-bond acceptors (Lipinski definition) is 4. The average Bonchev–Trinajstić information content (AvgIpc) is 2.46. The van der Waals surface area contributed by atoms with Crippen LogP contribution in [-0.2, 0) is 4.79 Å². The summed E-state index contributed by atoms with van der Waals surface area (Å²) in [6, 6.07) is 7.17. The van der Waals surface area contributed by atoms with Crippen LogP contribution in [-0.4, -0.2) is 60.6 Å². The molecular formula is C15H22N2O3. The number of carbonyl (C=O) groups excluding carboxylic acids is 1. The number of rotatable bonds is 4. The van der Waals surface area contributed by atoms with Crippen LogP contribution in [0.4, 0.5) is 0 Å². The summed E-state index contributed by atoms with van der Waals surface area (Å²) in [5, 5.41) is 9.42. The first-order valence-electron chi connectivity index (χ1n) is 6.93. The van der Waals surface area contributed by atoms with Crippen LogP contribution < -0.4 is 4.74 Å². The van der Waals surface area contributed by atoms with Crippen molar-refractivity contribution in [2.75, 3.05) is 39.8 Å². The summed E-state index contributed by atoms with van der Waals surface area (Å²) in [6.07, 6.45) is -0.490. The van der Waals surface area contributed by atoms with E-state index in [4.69, 9.17) is 4.74 Å². The molecule has 0 aromatic heterocycles. The van der Waals surface area contributed by atoms with Crippen molar-refractivity contribution in [3.63, 3.8) is 0 Å². The molecule has 1 saturated heterocycles. The Morgan fingerprint density at radius 3 is 2.40 bits per heavy atom. The molecule has 5 heteroatoms. The van der Waals surface area contributed by atoms with Crippen molar-refractivity contribution in [1.29, 1.82) is 0 Å². The fourth-order valence-corrected chi connectivity index (χ4v) is 2.13. The van der Waals surface area contributed by atoms with Crippen molar-refractivity contribution in [3.8, 4) is 5.75 Å². The second kappa shape index (κ2) is 6.72. The molecule has 1 aliphatic heterocycles. The van der Waals surface area contributed by atoms with Crippen molar-refractivity contribution in [2.45, 2.75) is 13.0 Å². The van der Waals surface area contributed by atoms with Gasteiger partial charge in [-0.25, -0.2) is 0 Å². The number of carbonyl (C=O) groups is 1. The predicted molar refractivity (Wildman–Crippen MR) is 76.6 cm³/mol. The molecule has 0 spiro atoms. The molecule has 1 aliphatic rings. The number of benzene rings is 1. The molecule has 1 aromatic carbocycles. The standard InChI is InChI=1S/C15H22N2O3/c1-12(18)13-3-5-14(6-4-13)20-11-15(19)17-9-7-16(2)8-10-17/h3-6,12,18H,7-11H2,1-2H3/t12-/m1/s1. The molecular weight excluding hydrogens is 256 g/mol. The van der Waals surface area contributed by atoms with E-state index in [1.807, 2.05) is 4.90 Å².